The van der Waals surface area contributed by atoms with Crippen molar-refractivity contribution >= 4 is 28.3 Å². The minimum absolute atomic E-state index is 0.00124. The Morgan fingerprint density at radius 1 is 0.913 bits per heavy atom. The summed E-state index contributed by atoms with van der Waals surface area (Å²) in [6, 6.07) is 0. The number of likely N-dealkylation sites (tertiary alicyclic amines) is 1. The van der Waals surface area contributed by atoms with Crippen molar-refractivity contribution < 1.29 is 9.59 Å². The molecule has 0 radical (unpaired) electrons. The molecule has 2 fully saturated rings. The van der Waals surface area contributed by atoms with Crippen molar-refractivity contribution in [3.8, 4) is 0 Å². The van der Waals surface area contributed by atoms with E-state index in [0.29, 0.717) is 6.54 Å². The Kier molecular flexibility index (Phi) is 5.58. The molecule has 1 saturated heterocycles. The molecule has 2 aliphatic rings. The molecule has 2 atom stereocenters. The van der Waals surface area contributed by atoms with E-state index < -0.39 is 16.5 Å². The monoisotopic (exact) mass is 354 g/mol. The third kappa shape index (κ3) is 4.14. The molecule has 6 heteroatoms. The minimum atomic E-state index is -1.36. The molecular weight excluding hydrogens is 320 g/mol. The van der Waals surface area contributed by atoms with Gasteiger partial charge >= 0.3 is 0 Å². The Hall–Kier alpha value is -0.466. The summed E-state index contributed by atoms with van der Waals surface area (Å²) in [4.78, 5) is 26.6. The Bertz CT molecular complexity index is 430. The highest BCUT2D eigenvalue weighted by Crippen LogP contribution is 2.38. The van der Waals surface area contributed by atoms with Gasteiger partial charge in [0.1, 0.15) is 16.5 Å². The van der Waals surface area contributed by atoms with E-state index in [9.17, 15) is 9.59 Å². The predicted molar refractivity (Wildman–Crippen MR) is 100 cm³/mol. The van der Waals surface area contributed by atoms with Crippen molar-refractivity contribution in [2.75, 3.05) is 13.1 Å². The van der Waals surface area contributed by atoms with E-state index >= 15 is 0 Å². The second-order valence-electron chi connectivity index (χ2n) is 9.17. The lowest BCUT2D eigenvalue weighted by molar-refractivity contribution is -0.139. The van der Waals surface area contributed by atoms with Crippen LogP contribution in [0, 0.1) is 11.8 Å². The summed E-state index contributed by atoms with van der Waals surface area (Å²) in [6.07, 6.45) is 4.97. The zero-order valence-corrected chi connectivity index (χ0v) is 17.8. The Morgan fingerprint density at radius 3 is 1.74 bits per heavy atom. The van der Waals surface area contributed by atoms with Gasteiger partial charge in [0.25, 0.3) is 0 Å². The van der Waals surface area contributed by atoms with E-state index in [1.54, 1.807) is 4.90 Å². The molecule has 2 unspecified atom stereocenters. The van der Waals surface area contributed by atoms with Crippen LogP contribution in [0.5, 0.6) is 0 Å². The maximum atomic E-state index is 12.5. The smallest absolute Gasteiger partial charge is 0.233 e. The van der Waals surface area contributed by atoms with Crippen LogP contribution >= 0.6 is 0 Å². The van der Waals surface area contributed by atoms with Gasteiger partial charge in [0.15, 0.2) is 0 Å². The molecule has 4 nitrogen and oxygen atoms in total. The standard InChI is InChI=1S/C17H34N2O2Si2/c1-22(2,3)19(23(4,5)6)13-9-12-18-16(20)14-10-7-8-11-15(14)17(18)21/h14-15H,7-13H2,1-6H3. The summed E-state index contributed by atoms with van der Waals surface area (Å²) in [7, 11) is -2.71. The summed E-state index contributed by atoms with van der Waals surface area (Å²) in [6.45, 7) is 16.0. The molecule has 0 bridgehead atoms. The molecule has 1 saturated carbocycles. The van der Waals surface area contributed by atoms with Crippen LogP contribution in [0.2, 0.25) is 39.3 Å². The van der Waals surface area contributed by atoms with Crippen LogP contribution in [-0.2, 0) is 9.59 Å². The molecule has 2 rings (SSSR count). The number of hydrogen-bond acceptors (Lipinski definition) is 3. The molecule has 0 aromatic rings. The highest BCUT2D eigenvalue weighted by molar-refractivity contribution is 6.89. The fraction of sp³-hybridized carbons (Fsp3) is 0.882. The highest BCUT2D eigenvalue weighted by Gasteiger charge is 2.47. The second-order valence-corrected chi connectivity index (χ2v) is 19.4. The number of fused-ring (bicyclic) bond motifs is 1. The lowest BCUT2D eigenvalue weighted by Gasteiger charge is -2.43. The summed E-state index contributed by atoms with van der Waals surface area (Å²) >= 11 is 0. The summed E-state index contributed by atoms with van der Waals surface area (Å²) in [5, 5.41) is 0. The molecule has 0 N–H and O–H groups in total. The second kappa shape index (κ2) is 6.80. The van der Waals surface area contributed by atoms with Crippen molar-refractivity contribution in [3.05, 3.63) is 0 Å². The van der Waals surface area contributed by atoms with Gasteiger partial charge in [-0.05, 0) is 25.8 Å². The van der Waals surface area contributed by atoms with Crippen molar-refractivity contribution in [3.63, 3.8) is 0 Å². The van der Waals surface area contributed by atoms with Gasteiger partial charge in [0, 0.05) is 6.54 Å². The highest BCUT2D eigenvalue weighted by atomic mass is 28.4. The first kappa shape index (κ1) is 18.9. The lowest BCUT2D eigenvalue weighted by Crippen LogP contribution is -2.59. The minimum Gasteiger partial charge on any atom is -0.346 e. The normalized spacial score (nSPS) is 26.1. The molecule has 0 aromatic carbocycles. The van der Waals surface area contributed by atoms with E-state index in [2.05, 4.69) is 43.5 Å². The molecule has 23 heavy (non-hydrogen) atoms. The zero-order chi connectivity index (χ0) is 17.4. The van der Waals surface area contributed by atoms with Gasteiger partial charge in [-0.25, -0.2) is 0 Å². The Morgan fingerprint density at radius 2 is 1.35 bits per heavy atom. The molecular formula is C17H34N2O2Si2. The van der Waals surface area contributed by atoms with Crippen LogP contribution in [0.1, 0.15) is 32.1 Å². The maximum Gasteiger partial charge on any atom is 0.233 e. The van der Waals surface area contributed by atoms with Crippen LogP contribution in [-0.4, -0.2) is 50.5 Å². The number of amides is 2. The largest absolute Gasteiger partial charge is 0.346 e. The molecule has 1 heterocycles. The molecule has 1 aliphatic heterocycles. The average molecular weight is 355 g/mol. The van der Waals surface area contributed by atoms with Crippen molar-refractivity contribution in [1.82, 2.24) is 9.13 Å². The number of nitrogens with zero attached hydrogens (tertiary/aromatic N) is 2. The Balaban J connectivity index is 1.95. The SMILES string of the molecule is C[Si](C)(C)N(CCCN1C(=O)C2CCCCC2C1=O)[Si](C)(C)C. The van der Waals surface area contributed by atoms with Gasteiger partial charge < -0.3 is 4.23 Å². The quantitative estimate of drug-likeness (QED) is 0.541. The fourth-order valence-corrected chi connectivity index (χ4v) is 14.2. The van der Waals surface area contributed by atoms with Gasteiger partial charge in [-0.1, -0.05) is 52.1 Å². The van der Waals surface area contributed by atoms with Crippen molar-refractivity contribution in [2.45, 2.75) is 71.4 Å². The number of rotatable bonds is 6. The van der Waals surface area contributed by atoms with E-state index in [4.69, 9.17) is 0 Å². The van der Waals surface area contributed by atoms with E-state index in [0.717, 1.165) is 38.6 Å². The summed E-state index contributed by atoms with van der Waals surface area (Å²) in [5.41, 5.74) is 0. The van der Waals surface area contributed by atoms with Gasteiger partial charge in [0.2, 0.25) is 11.8 Å². The molecule has 2 amide bonds. The van der Waals surface area contributed by atoms with Gasteiger partial charge in [-0.15, -0.1) is 0 Å². The summed E-state index contributed by atoms with van der Waals surface area (Å²) in [5.74, 6) is 0.238. The van der Waals surface area contributed by atoms with Gasteiger partial charge in [-0.2, -0.15) is 0 Å². The van der Waals surface area contributed by atoms with Crippen LogP contribution in [0.25, 0.3) is 0 Å². The van der Waals surface area contributed by atoms with Crippen LogP contribution in [0.3, 0.4) is 0 Å². The van der Waals surface area contributed by atoms with Crippen LogP contribution in [0.4, 0.5) is 0 Å². The third-order valence-electron chi connectivity index (χ3n) is 5.32. The number of hydrogen-bond donors (Lipinski definition) is 0. The van der Waals surface area contributed by atoms with E-state index in [-0.39, 0.29) is 23.7 Å². The number of carbonyl (C=O) groups excluding carboxylic acids is 2. The summed E-state index contributed by atoms with van der Waals surface area (Å²) < 4.78 is 2.73. The average Bonchev–Trinajstić information content (AvgIpc) is 2.66. The third-order valence-corrected chi connectivity index (χ3v) is 13.0. The van der Waals surface area contributed by atoms with E-state index in [1.807, 2.05) is 0 Å². The van der Waals surface area contributed by atoms with Crippen molar-refractivity contribution in [1.29, 1.82) is 0 Å². The van der Waals surface area contributed by atoms with E-state index in [1.165, 1.54) is 0 Å². The zero-order valence-electron chi connectivity index (χ0n) is 15.8. The first-order valence-electron chi connectivity index (χ1n) is 9.16. The van der Waals surface area contributed by atoms with Crippen molar-refractivity contribution in [2.24, 2.45) is 11.8 Å². The predicted octanol–water partition coefficient (Wildman–Crippen LogP) is 3.52. The molecule has 0 spiro atoms. The van der Waals surface area contributed by atoms with Gasteiger partial charge in [0.05, 0.1) is 11.8 Å². The first-order valence-corrected chi connectivity index (χ1v) is 16.1. The molecule has 0 aromatic heterocycles. The number of imide groups is 1. The Labute approximate surface area is 143 Å². The maximum absolute atomic E-state index is 12.5. The van der Waals surface area contributed by atoms with Gasteiger partial charge in [-0.3, -0.25) is 14.5 Å². The van der Waals surface area contributed by atoms with Crippen LogP contribution in [0.15, 0.2) is 0 Å². The number of carbonyl (C=O) groups is 2. The molecule has 1 aliphatic carbocycles. The first-order chi connectivity index (χ1) is 10.5. The topological polar surface area (TPSA) is 40.6 Å². The lowest BCUT2D eigenvalue weighted by atomic mass is 9.81. The van der Waals surface area contributed by atoms with Crippen LogP contribution < -0.4 is 0 Å². The molecule has 132 valence electrons. The fourth-order valence-electron chi connectivity index (χ4n) is 4.52.